The lowest BCUT2D eigenvalue weighted by molar-refractivity contribution is 0.0800. The predicted octanol–water partition coefficient (Wildman–Crippen LogP) is 7.94. The van der Waals surface area contributed by atoms with Crippen LogP contribution in [0, 0.1) is 11.3 Å². The average molecular weight is 837 g/mol. The Morgan fingerprint density at radius 2 is 1.17 bits per heavy atom. The Hall–Kier alpha value is -4.83. The molecule has 4 aliphatic rings. The van der Waals surface area contributed by atoms with Crippen molar-refractivity contribution in [2.24, 2.45) is 0 Å². The first kappa shape index (κ1) is 42.3. The molecule has 2 saturated heterocycles. The van der Waals surface area contributed by atoms with Gasteiger partial charge in [-0.1, -0.05) is 83.9 Å². The van der Waals surface area contributed by atoms with Crippen LogP contribution in [0.1, 0.15) is 54.9 Å². The minimum Gasteiger partial charge on any atom is -0.492 e. The van der Waals surface area contributed by atoms with Crippen LogP contribution < -0.4 is 25.4 Å². The lowest BCUT2D eigenvalue weighted by atomic mass is 9.97. The van der Waals surface area contributed by atoms with E-state index in [4.69, 9.17) is 43.7 Å². The van der Waals surface area contributed by atoms with Gasteiger partial charge in [0, 0.05) is 78.4 Å². The van der Waals surface area contributed by atoms with Gasteiger partial charge in [-0.2, -0.15) is 10.2 Å². The number of fused-ring (bicyclic) bond motifs is 2. The highest BCUT2D eigenvalue weighted by molar-refractivity contribution is 6.30. The molecule has 5 heterocycles. The molecule has 5 aromatic rings. The van der Waals surface area contributed by atoms with Gasteiger partial charge >= 0.3 is 0 Å². The number of ether oxygens (including phenoxy) is 2. The summed E-state index contributed by atoms with van der Waals surface area (Å²) in [5.41, 5.74) is 10.9. The van der Waals surface area contributed by atoms with Crippen molar-refractivity contribution < 1.29 is 9.47 Å². The van der Waals surface area contributed by atoms with Gasteiger partial charge in [-0.15, -0.1) is 5.10 Å². The van der Waals surface area contributed by atoms with E-state index in [9.17, 15) is 0 Å². The quantitative estimate of drug-likeness (QED) is 0.149. The van der Waals surface area contributed by atoms with Crippen LogP contribution in [0.3, 0.4) is 0 Å². The summed E-state index contributed by atoms with van der Waals surface area (Å²) in [5, 5.41) is 19.3. The number of nitrogen functional groups attached to an aromatic ring is 1. The summed E-state index contributed by atoms with van der Waals surface area (Å²) in [4.78, 5) is 11.8. The topological polar surface area (TPSA) is 132 Å². The first-order valence-electron chi connectivity index (χ1n) is 20.7. The van der Waals surface area contributed by atoms with Crippen molar-refractivity contribution in [3.63, 3.8) is 0 Å². The van der Waals surface area contributed by atoms with Gasteiger partial charge in [-0.3, -0.25) is 9.80 Å². The van der Waals surface area contributed by atoms with Crippen molar-refractivity contribution in [2.45, 2.75) is 82.7 Å². The number of halogens is 2. The number of aromatic amines is 1. The van der Waals surface area contributed by atoms with Crippen molar-refractivity contribution in [3.8, 4) is 17.6 Å². The number of aromatic nitrogens is 3. The Kier molecular flexibility index (Phi) is 15.0. The number of anilines is 2. The first-order chi connectivity index (χ1) is 28.9. The minimum absolute atomic E-state index is 0.296. The van der Waals surface area contributed by atoms with Crippen LogP contribution in [0.25, 0.3) is 0 Å². The fourth-order valence-electron chi connectivity index (χ4n) is 8.70. The SMILES string of the molecule is CC#N.Clc1ccc(CC2COc3ccccc3CN2C2CCNCC2)cc1.Nc1nc(N2CCC(N3Cc4ccccc4OCC3Cc3ccc(Cl)cc3)CC2)n[nH]1. The molecule has 1 aromatic heterocycles. The molecular formula is C46H55Cl2N9O2. The van der Waals surface area contributed by atoms with Gasteiger partial charge in [-0.05, 0) is 99.1 Å². The van der Waals surface area contributed by atoms with Crippen molar-refractivity contribution in [1.29, 1.82) is 5.26 Å². The second kappa shape index (κ2) is 20.9. The Morgan fingerprint density at radius 3 is 1.63 bits per heavy atom. The maximum Gasteiger partial charge on any atom is 0.246 e. The monoisotopic (exact) mass is 835 g/mol. The van der Waals surface area contributed by atoms with Gasteiger partial charge in [0.1, 0.15) is 24.7 Å². The van der Waals surface area contributed by atoms with E-state index >= 15 is 0 Å². The molecule has 0 radical (unpaired) electrons. The number of rotatable bonds is 7. The molecular weight excluding hydrogens is 781 g/mol. The molecule has 59 heavy (non-hydrogen) atoms. The third-order valence-corrected chi connectivity index (χ3v) is 12.2. The van der Waals surface area contributed by atoms with Gasteiger partial charge in [0.15, 0.2) is 0 Å². The van der Waals surface area contributed by atoms with E-state index in [0.717, 1.165) is 93.1 Å². The van der Waals surface area contributed by atoms with Crippen LogP contribution in [0.4, 0.5) is 11.9 Å². The summed E-state index contributed by atoms with van der Waals surface area (Å²) in [6, 6.07) is 36.8. The van der Waals surface area contributed by atoms with E-state index in [1.54, 1.807) is 6.07 Å². The zero-order chi connectivity index (χ0) is 41.0. The Morgan fingerprint density at radius 1 is 0.712 bits per heavy atom. The summed E-state index contributed by atoms with van der Waals surface area (Å²) >= 11 is 12.1. The third kappa shape index (κ3) is 11.5. The average Bonchev–Trinajstić information content (AvgIpc) is 3.51. The smallest absolute Gasteiger partial charge is 0.246 e. The molecule has 310 valence electrons. The van der Waals surface area contributed by atoms with E-state index in [2.05, 4.69) is 102 Å². The summed E-state index contributed by atoms with van der Waals surface area (Å²) in [7, 11) is 0. The number of hydrogen-bond donors (Lipinski definition) is 3. The van der Waals surface area contributed by atoms with Crippen LogP contribution >= 0.6 is 23.2 Å². The second-order valence-corrected chi connectivity index (χ2v) is 16.5. The Bertz CT molecular complexity index is 2090. The van der Waals surface area contributed by atoms with Crippen molar-refractivity contribution in [2.75, 3.05) is 50.0 Å². The zero-order valence-electron chi connectivity index (χ0n) is 33.8. The van der Waals surface area contributed by atoms with E-state index in [1.165, 1.54) is 42.0 Å². The largest absolute Gasteiger partial charge is 0.492 e. The molecule has 4 aromatic carbocycles. The summed E-state index contributed by atoms with van der Waals surface area (Å²) in [6.07, 6.45) is 6.44. The Labute approximate surface area is 358 Å². The molecule has 11 nitrogen and oxygen atoms in total. The predicted molar refractivity (Wildman–Crippen MR) is 236 cm³/mol. The molecule has 2 atom stereocenters. The van der Waals surface area contributed by atoms with Crippen LogP contribution in [0.15, 0.2) is 97.1 Å². The molecule has 0 bridgehead atoms. The fourth-order valence-corrected chi connectivity index (χ4v) is 8.95. The van der Waals surface area contributed by atoms with Gasteiger partial charge < -0.3 is 25.4 Å². The van der Waals surface area contributed by atoms with Gasteiger partial charge in [0.25, 0.3) is 0 Å². The summed E-state index contributed by atoms with van der Waals surface area (Å²) in [6.45, 7) is 8.75. The molecule has 2 unspecified atom stereocenters. The van der Waals surface area contributed by atoms with Gasteiger partial charge in [0.2, 0.25) is 11.9 Å². The molecule has 0 aliphatic carbocycles. The standard InChI is InChI=1S/C23H27ClN6O.C21H25ClN2O.C2H3N/c24-18-7-5-16(6-8-18)13-20-15-31-21-4-2-1-3-17(21)14-30(20)19-9-11-29(12-10-19)23-26-22(25)27-28-23;22-18-7-5-16(6-8-18)13-20-15-25-21-4-2-1-3-17(21)14-24(20)19-9-11-23-12-10-19;1-2-3/h1-8,19-20H,9-15H2,(H3,25,26,27,28);1-8,19-20,23H,9-15H2;1H3. The lowest BCUT2D eigenvalue weighted by Crippen LogP contribution is -2.50. The normalized spacial score (nSPS) is 20.1. The summed E-state index contributed by atoms with van der Waals surface area (Å²) in [5.74, 6) is 3.10. The van der Waals surface area contributed by atoms with Gasteiger partial charge in [-0.25, -0.2) is 5.10 Å². The summed E-state index contributed by atoms with van der Waals surface area (Å²) < 4.78 is 12.4. The zero-order valence-corrected chi connectivity index (χ0v) is 35.3. The molecule has 0 amide bonds. The highest BCUT2D eigenvalue weighted by Gasteiger charge is 2.34. The van der Waals surface area contributed by atoms with Crippen molar-refractivity contribution in [1.82, 2.24) is 30.3 Å². The van der Waals surface area contributed by atoms with E-state index in [1.807, 2.05) is 30.3 Å². The Balaban J connectivity index is 0.000000171. The molecule has 4 aliphatic heterocycles. The van der Waals surface area contributed by atoms with Gasteiger partial charge in [0.05, 0.1) is 6.07 Å². The molecule has 4 N–H and O–H groups in total. The number of nitrogens with one attached hydrogen (secondary N) is 2. The number of para-hydroxylation sites is 2. The number of H-pyrrole nitrogens is 1. The van der Waals surface area contributed by atoms with Crippen LogP contribution in [0.2, 0.25) is 10.0 Å². The second-order valence-electron chi connectivity index (χ2n) is 15.6. The lowest BCUT2D eigenvalue weighted by Gasteiger charge is -2.41. The molecule has 2 fully saturated rings. The molecule has 0 spiro atoms. The highest BCUT2D eigenvalue weighted by Crippen LogP contribution is 2.32. The fraction of sp³-hybridized carbons (Fsp3) is 0.413. The maximum absolute atomic E-state index is 7.32. The number of nitrogens with zero attached hydrogens (tertiary/aromatic N) is 6. The molecule has 13 heteroatoms. The maximum atomic E-state index is 7.32. The minimum atomic E-state index is 0.296. The van der Waals surface area contributed by atoms with E-state index in [-0.39, 0.29) is 0 Å². The van der Waals surface area contributed by atoms with Crippen molar-refractivity contribution >= 4 is 35.1 Å². The number of nitrogens with two attached hydrogens (primary N) is 1. The van der Waals surface area contributed by atoms with Crippen LogP contribution in [-0.2, 0) is 25.9 Å². The number of piperidine rings is 2. The first-order valence-corrected chi connectivity index (χ1v) is 21.5. The van der Waals surface area contributed by atoms with Crippen molar-refractivity contribution in [3.05, 3.63) is 129 Å². The van der Waals surface area contributed by atoms with Crippen LogP contribution in [-0.4, -0.2) is 88.5 Å². The third-order valence-electron chi connectivity index (χ3n) is 11.7. The number of hydrogen-bond acceptors (Lipinski definition) is 10. The highest BCUT2D eigenvalue weighted by atomic mass is 35.5. The van der Waals surface area contributed by atoms with E-state index in [0.29, 0.717) is 42.7 Å². The number of benzene rings is 4. The molecule has 0 saturated carbocycles. The number of nitriles is 1. The van der Waals surface area contributed by atoms with Crippen LogP contribution in [0.5, 0.6) is 11.5 Å². The van der Waals surface area contributed by atoms with E-state index < -0.39 is 0 Å². The molecule has 9 rings (SSSR count).